The lowest BCUT2D eigenvalue weighted by atomic mass is 9.97. The lowest BCUT2D eigenvalue weighted by Crippen LogP contribution is -2.32. The van der Waals surface area contributed by atoms with Crippen LogP contribution in [0.1, 0.15) is 59.2 Å². The molecule has 1 aromatic carbocycles. The van der Waals surface area contributed by atoms with Gasteiger partial charge in [0.25, 0.3) is 5.56 Å². The van der Waals surface area contributed by atoms with Gasteiger partial charge >= 0.3 is 5.97 Å². The van der Waals surface area contributed by atoms with Gasteiger partial charge in [-0.3, -0.25) is 14.5 Å². The maximum absolute atomic E-state index is 12.8. The number of benzene rings is 1. The Morgan fingerprint density at radius 1 is 1.13 bits per heavy atom. The number of Topliss-reactive ketones (excluding diaryl/α,β-unsaturated/α-hetero) is 1. The maximum Gasteiger partial charge on any atom is 0.340 e. The second kappa shape index (κ2) is 10.7. The Bertz CT molecular complexity index is 990. The first kappa shape index (κ1) is 23.3. The van der Waals surface area contributed by atoms with E-state index in [-0.39, 0.29) is 22.6 Å². The van der Waals surface area contributed by atoms with Crippen LogP contribution in [0, 0.1) is 0 Å². The van der Waals surface area contributed by atoms with Gasteiger partial charge in [-0.15, -0.1) is 0 Å². The lowest BCUT2D eigenvalue weighted by Gasteiger charge is -2.26. The molecule has 0 spiro atoms. The van der Waals surface area contributed by atoms with E-state index in [0.29, 0.717) is 12.0 Å². The molecule has 0 fully saturated rings. The van der Waals surface area contributed by atoms with Crippen LogP contribution >= 0.6 is 0 Å². The molecule has 0 N–H and O–H groups in total. The number of ketones is 1. The highest BCUT2D eigenvalue weighted by molar-refractivity contribution is 6.04. The number of pyridine rings is 1. The summed E-state index contributed by atoms with van der Waals surface area (Å²) < 4.78 is 6.06. The summed E-state index contributed by atoms with van der Waals surface area (Å²) in [5.41, 5.74) is 2.51. The zero-order valence-corrected chi connectivity index (χ0v) is 18.4. The Balaban J connectivity index is 0.00000155. The summed E-state index contributed by atoms with van der Waals surface area (Å²) in [6, 6.07) is 11.7. The summed E-state index contributed by atoms with van der Waals surface area (Å²) in [7, 11) is 2.78. The van der Waals surface area contributed by atoms with Crippen molar-refractivity contribution in [3.8, 4) is 0 Å². The van der Waals surface area contributed by atoms with Crippen molar-refractivity contribution in [3.63, 3.8) is 0 Å². The van der Waals surface area contributed by atoms with Crippen LogP contribution in [0.15, 0.2) is 47.3 Å². The highest BCUT2D eigenvalue weighted by Crippen LogP contribution is 2.23. The van der Waals surface area contributed by atoms with Crippen LogP contribution in [0.2, 0.25) is 0 Å². The van der Waals surface area contributed by atoms with Crippen LogP contribution in [0.4, 0.5) is 0 Å². The summed E-state index contributed by atoms with van der Waals surface area (Å²) in [4.78, 5) is 39.3. The van der Waals surface area contributed by atoms with E-state index in [1.54, 1.807) is 0 Å². The first-order chi connectivity index (χ1) is 14.4. The quantitative estimate of drug-likeness (QED) is 0.555. The van der Waals surface area contributed by atoms with Gasteiger partial charge < -0.3 is 9.30 Å². The smallest absolute Gasteiger partial charge is 0.340 e. The van der Waals surface area contributed by atoms with Crippen LogP contribution in [0.3, 0.4) is 0 Å². The second-order valence-corrected chi connectivity index (χ2v) is 6.93. The molecule has 2 heterocycles. The normalized spacial score (nSPS) is 13.7. The third-order valence-corrected chi connectivity index (χ3v) is 5.04. The van der Waals surface area contributed by atoms with Gasteiger partial charge in [0.15, 0.2) is 5.78 Å². The standard InChI is InChI=1S/C22H24N2O4.C2H6/c1-15(25)20-19(22(27)28-3)13-18(21(26)23(20)2)17-9-11-24(12-10-17)14-16-7-5-4-6-8-16;1-2/h4-9,13H,10-12,14H2,1-3H3;1-2H3. The number of esters is 1. The van der Waals surface area contributed by atoms with Crippen molar-refractivity contribution in [2.45, 2.75) is 33.7 Å². The molecule has 1 aliphatic heterocycles. The minimum atomic E-state index is -0.621. The monoisotopic (exact) mass is 410 g/mol. The van der Waals surface area contributed by atoms with E-state index < -0.39 is 5.97 Å². The van der Waals surface area contributed by atoms with Gasteiger partial charge in [-0.2, -0.15) is 0 Å². The molecule has 3 rings (SSSR count). The molecular formula is C24H30N2O4. The number of hydrogen-bond donors (Lipinski definition) is 0. The van der Waals surface area contributed by atoms with Crippen molar-refractivity contribution in [2.24, 2.45) is 7.05 Å². The van der Waals surface area contributed by atoms with E-state index in [1.807, 2.05) is 38.1 Å². The van der Waals surface area contributed by atoms with Crippen molar-refractivity contribution >= 4 is 17.3 Å². The molecule has 1 aromatic heterocycles. The zero-order chi connectivity index (χ0) is 22.3. The minimum absolute atomic E-state index is 0.0720. The van der Waals surface area contributed by atoms with Gasteiger partial charge in [-0.05, 0) is 23.6 Å². The molecule has 0 atom stereocenters. The fraction of sp³-hybridized carbons (Fsp3) is 0.375. The molecule has 1 aliphatic rings. The van der Waals surface area contributed by atoms with Crippen molar-refractivity contribution in [3.05, 3.63) is 75.2 Å². The molecule has 0 saturated carbocycles. The molecule has 30 heavy (non-hydrogen) atoms. The van der Waals surface area contributed by atoms with Gasteiger partial charge in [0.2, 0.25) is 0 Å². The molecule has 0 radical (unpaired) electrons. The minimum Gasteiger partial charge on any atom is -0.465 e. The average Bonchev–Trinajstić information content (AvgIpc) is 2.77. The van der Waals surface area contributed by atoms with Crippen molar-refractivity contribution in [1.82, 2.24) is 9.47 Å². The van der Waals surface area contributed by atoms with Gasteiger partial charge in [0.1, 0.15) is 5.69 Å². The van der Waals surface area contributed by atoms with Crippen molar-refractivity contribution in [2.75, 3.05) is 20.2 Å². The summed E-state index contributed by atoms with van der Waals surface area (Å²) >= 11 is 0. The number of ether oxygens (including phenoxy) is 1. The molecule has 0 unspecified atom stereocenters. The van der Waals surface area contributed by atoms with Gasteiger partial charge in [0.05, 0.1) is 12.7 Å². The Morgan fingerprint density at radius 2 is 1.80 bits per heavy atom. The third-order valence-electron chi connectivity index (χ3n) is 5.04. The van der Waals surface area contributed by atoms with Crippen molar-refractivity contribution < 1.29 is 14.3 Å². The van der Waals surface area contributed by atoms with Gasteiger partial charge in [-0.1, -0.05) is 50.3 Å². The third kappa shape index (κ3) is 5.13. The summed E-state index contributed by atoms with van der Waals surface area (Å²) in [5.74, 6) is -0.970. The van der Waals surface area contributed by atoms with Gasteiger partial charge in [-0.25, -0.2) is 4.79 Å². The SMILES string of the molecule is CC.COC(=O)c1cc(C2=CCN(Cc3ccccc3)CC2)c(=O)n(C)c1C(C)=O. The number of hydrogen-bond acceptors (Lipinski definition) is 5. The molecule has 0 aliphatic carbocycles. The van der Waals surface area contributed by atoms with E-state index in [1.165, 1.54) is 37.3 Å². The number of nitrogens with zero attached hydrogens (tertiary/aromatic N) is 2. The molecule has 6 nitrogen and oxygen atoms in total. The molecule has 0 bridgehead atoms. The zero-order valence-electron chi connectivity index (χ0n) is 18.4. The first-order valence-electron chi connectivity index (χ1n) is 10.2. The van der Waals surface area contributed by atoms with Crippen LogP contribution in [0.25, 0.3) is 5.57 Å². The Morgan fingerprint density at radius 3 is 2.33 bits per heavy atom. The first-order valence-corrected chi connectivity index (χ1v) is 10.2. The number of rotatable bonds is 5. The van der Waals surface area contributed by atoms with E-state index in [2.05, 4.69) is 17.0 Å². The predicted octanol–water partition coefficient (Wildman–Crippen LogP) is 3.69. The summed E-state index contributed by atoms with van der Waals surface area (Å²) in [5, 5.41) is 0. The molecule has 6 heteroatoms. The van der Waals surface area contributed by atoms with E-state index in [0.717, 1.165) is 25.2 Å². The number of aromatic nitrogens is 1. The number of carbonyl (C=O) groups excluding carboxylic acids is 2. The topological polar surface area (TPSA) is 68.6 Å². The Hall–Kier alpha value is -2.99. The fourth-order valence-electron chi connectivity index (χ4n) is 3.60. The predicted molar refractivity (Wildman–Crippen MR) is 119 cm³/mol. The molecule has 0 saturated heterocycles. The van der Waals surface area contributed by atoms with E-state index >= 15 is 0 Å². The lowest BCUT2D eigenvalue weighted by molar-refractivity contribution is 0.0595. The largest absolute Gasteiger partial charge is 0.465 e. The van der Waals surface area contributed by atoms with Crippen LogP contribution in [-0.4, -0.2) is 41.4 Å². The second-order valence-electron chi connectivity index (χ2n) is 6.93. The summed E-state index contributed by atoms with van der Waals surface area (Å²) in [6.07, 6.45) is 2.72. The van der Waals surface area contributed by atoms with E-state index in [4.69, 9.17) is 4.74 Å². The highest BCUT2D eigenvalue weighted by atomic mass is 16.5. The maximum atomic E-state index is 12.8. The molecule has 0 amide bonds. The number of methoxy groups -OCH3 is 1. The molecular weight excluding hydrogens is 380 g/mol. The van der Waals surface area contributed by atoms with Crippen LogP contribution < -0.4 is 5.56 Å². The molecule has 2 aromatic rings. The van der Waals surface area contributed by atoms with Crippen LogP contribution in [-0.2, 0) is 18.3 Å². The fourth-order valence-corrected chi connectivity index (χ4v) is 3.60. The van der Waals surface area contributed by atoms with Crippen LogP contribution in [0.5, 0.6) is 0 Å². The Kier molecular flexibility index (Phi) is 8.30. The molecule has 160 valence electrons. The van der Waals surface area contributed by atoms with Gasteiger partial charge in [0, 0.05) is 39.2 Å². The van der Waals surface area contributed by atoms with Crippen molar-refractivity contribution in [1.29, 1.82) is 0 Å². The summed E-state index contributed by atoms with van der Waals surface area (Å²) in [6.45, 7) is 7.71. The van der Waals surface area contributed by atoms with E-state index in [9.17, 15) is 14.4 Å². The Labute approximate surface area is 177 Å². The highest BCUT2D eigenvalue weighted by Gasteiger charge is 2.24. The number of carbonyl (C=O) groups is 2. The average molecular weight is 411 g/mol.